The van der Waals surface area contributed by atoms with Crippen molar-refractivity contribution in [1.29, 1.82) is 0 Å². The molecule has 4 rings (SSSR count). The van der Waals surface area contributed by atoms with Crippen LogP contribution in [0.2, 0.25) is 0 Å². The van der Waals surface area contributed by atoms with E-state index in [2.05, 4.69) is 10.6 Å². The number of benzene rings is 3. The molecule has 0 radical (unpaired) electrons. The van der Waals surface area contributed by atoms with E-state index in [1.54, 1.807) is 24.3 Å². The predicted octanol–water partition coefficient (Wildman–Crippen LogP) is 5.57. The summed E-state index contributed by atoms with van der Waals surface area (Å²) >= 11 is 0. The Morgan fingerprint density at radius 3 is 2.15 bits per heavy atom. The molecule has 2 N–H and O–H groups in total. The lowest BCUT2D eigenvalue weighted by molar-refractivity contribution is -0.118. The second-order valence-corrected chi connectivity index (χ2v) is 8.02. The smallest absolute Gasteiger partial charge is 0.268 e. The third-order valence-corrected chi connectivity index (χ3v) is 5.62. The first-order valence-corrected chi connectivity index (χ1v) is 11.1. The summed E-state index contributed by atoms with van der Waals surface area (Å²) in [6.45, 7) is 3.87. The lowest BCUT2D eigenvalue weighted by Crippen LogP contribution is -2.37. The second-order valence-electron chi connectivity index (χ2n) is 8.02. The van der Waals surface area contributed by atoms with Gasteiger partial charge in [0.25, 0.3) is 11.8 Å². The number of furan rings is 1. The Bertz CT molecular complexity index is 1310. The molecule has 0 fully saturated rings. The molecule has 4 aromatic rings. The maximum Gasteiger partial charge on any atom is 0.268 e. The number of amides is 2. The topological polar surface area (TPSA) is 71.3 Å². The van der Waals surface area contributed by atoms with Crippen molar-refractivity contribution in [3.63, 3.8) is 0 Å². The van der Waals surface area contributed by atoms with Gasteiger partial charge < -0.3 is 15.1 Å². The van der Waals surface area contributed by atoms with Crippen molar-refractivity contribution in [2.45, 2.75) is 19.9 Å². The summed E-state index contributed by atoms with van der Waals surface area (Å²) in [7, 11) is 0. The molecule has 1 atom stereocenters. The molecule has 2 amide bonds. The SMILES string of the molecule is Cc1ccccc1C(=O)N/C(=C\c1ccco1)C(=O)N[C@@H](c1ccccc1)c1ccccc1C. The average Bonchev–Trinajstić information content (AvgIpc) is 3.36. The Hall–Kier alpha value is -4.38. The number of rotatable bonds is 7. The molecule has 3 aromatic carbocycles. The van der Waals surface area contributed by atoms with Crippen molar-refractivity contribution in [3.8, 4) is 0 Å². The van der Waals surface area contributed by atoms with E-state index < -0.39 is 11.9 Å². The molecular formula is C29H26N2O3. The first-order chi connectivity index (χ1) is 16.5. The molecule has 1 heterocycles. The molecule has 5 nitrogen and oxygen atoms in total. The van der Waals surface area contributed by atoms with Crippen LogP contribution in [0.15, 0.2) is 107 Å². The lowest BCUT2D eigenvalue weighted by Gasteiger charge is -2.22. The number of carbonyl (C=O) groups is 2. The van der Waals surface area contributed by atoms with Crippen molar-refractivity contribution < 1.29 is 14.0 Å². The van der Waals surface area contributed by atoms with E-state index in [9.17, 15) is 9.59 Å². The Kier molecular flexibility index (Phi) is 7.04. The molecule has 0 saturated carbocycles. The van der Waals surface area contributed by atoms with Gasteiger partial charge in [-0.3, -0.25) is 9.59 Å². The molecular weight excluding hydrogens is 424 g/mol. The van der Waals surface area contributed by atoms with E-state index in [-0.39, 0.29) is 11.6 Å². The zero-order valence-electron chi connectivity index (χ0n) is 19.1. The summed E-state index contributed by atoms with van der Waals surface area (Å²) in [5, 5.41) is 5.90. The van der Waals surface area contributed by atoms with E-state index >= 15 is 0 Å². The number of aryl methyl sites for hydroxylation is 2. The fraction of sp³-hybridized carbons (Fsp3) is 0.103. The van der Waals surface area contributed by atoms with Gasteiger partial charge in [0.1, 0.15) is 11.5 Å². The summed E-state index contributed by atoms with van der Waals surface area (Å²) < 4.78 is 5.41. The molecule has 1 aromatic heterocycles. The summed E-state index contributed by atoms with van der Waals surface area (Å²) in [6, 6.07) is 28.0. The van der Waals surface area contributed by atoms with E-state index in [4.69, 9.17) is 4.42 Å². The third-order valence-electron chi connectivity index (χ3n) is 5.62. The summed E-state index contributed by atoms with van der Waals surface area (Å²) in [6.07, 6.45) is 3.05. The van der Waals surface area contributed by atoms with Gasteiger partial charge in [-0.25, -0.2) is 0 Å². The maximum absolute atomic E-state index is 13.6. The van der Waals surface area contributed by atoms with Crippen LogP contribution in [0.5, 0.6) is 0 Å². The molecule has 0 unspecified atom stereocenters. The highest BCUT2D eigenvalue weighted by Crippen LogP contribution is 2.25. The highest BCUT2D eigenvalue weighted by atomic mass is 16.3. The minimum Gasteiger partial charge on any atom is -0.465 e. The average molecular weight is 451 g/mol. The molecule has 0 aliphatic rings. The van der Waals surface area contributed by atoms with Crippen LogP contribution in [0.3, 0.4) is 0 Å². The van der Waals surface area contributed by atoms with Gasteiger partial charge >= 0.3 is 0 Å². The van der Waals surface area contributed by atoms with Crippen molar-refractivity contribution in [3.05, 3.63) is 137 Å². The number of nitrogens with one attached hydrogen (secondary N) is 2. The second kappa shape index (κ2) is 10.5. The summed E-state index contributed by atoms with van der Waals surface area (Å²) in [5.41, 5.74) is 4.38. The molecule has 0 bridgehead atoms. The Balaban J connectivity index is 1.68. The quantitative estimate of drug-likeness (QED) is 0.362. The molecule has 0 spiro atoms. The molecule has 170 valence electrons. The highest BCUT2D eigenvalue weighted by molar-refractivity contribution is 6.05. The van der Waals surface area contributed by atoms with Crippen LogP contribution >= 0.6 is 0 Å². The maximum atomic E-state index is 13.6. The highest BCUT2D eigenvalue weighted by Gasteiger charge is 2.22. The largest absolute Gasteiger partial charge is 0.465 e. The van der Waals surface area contributed by atoms with Gasteiger partial charge in [0, 0.05) is 11.6 Å². The van der Waals surface area contributed by atoms with Gasteiger partial charge in [-0.1, -0.05) is 72.8 Å². The standard InChI is InChI=1S/C29H26N2O3/c1-20-11-6-8-16-24(20)27(22-13-4-3-5-14-22)31-29(33)26(19-23-15-10-18-34-23)30-28(32)25-17-9-7-12-21(25)2/h3-19,27H,1-2H3,(H,30,32)(H,31,33)/b26-19-/t27-/m0/s1. The van der Waals surface area contributed by atoms with Gasteiger partial charge in [-0.2, -0.15) is 0 Å². The molecule has 34 heavy (non-hydrogen) atoms. The van der Waals surface area contributed by atoms with Gasteiger partial charge in [-0.15, -0.1) is 0 Å². The monoisotopic (exact) mass is 450 g/mol. The van der Waals surface area contributed by atoms with Gasteiger partial charge in [0.2, 0.25) is 0 Å². The number of carbonyl (C=O) groups excluding carboxylic acids is 2. The van der Waals surface area contributed by atoms with Crippen LogP contribution in [0.1, 0.15) is 44.4 Å². The zero-order valence-corrected chi connectivity index (χ0v) is 19.1. The van der Waals surface area contributed by atoms with Crippen molar-refractivity contribution >= 4 is 17.9 Å². The lowest BCUT2D eigenvalue weighted by atomic mass is 9.95. The van der Waals surface area contributed by atoms with Crippen molar-refractivity contribution in [1.82, 2.24) is 10.6 Å². The predicted molar refractivity (Wildman–Crippen MR) is 133 cm³/mol. The van der Waals surface area contributed by atoms with Crippen LogP contribution in [0, 0.1) is 13.8 Å². The van der Waals surface area contributed by atoms with Crippen LogP contribution in [-0.2, 0) is 4.79 Å². The van der Waals surface area contributed by atoms with E-state index in [1.807, 2.05) is 80.6 Å². The first kappa shape index (κ1) is 22.8. The summed E-state index contributed by atoms with van der Waals surface area (Å²) in [5.74, 6) is -0.323. The Morgan fingerprint density at radius 2 is 1.47 bits per heavy atom. The van der Waals surface area contributed by atoms with E-state index in [0.717, 1.165) is 22.3 Å². The van der Waals surface area contributed by atoms with Gasteiger partial charge in [0.05, 0.1) is 12.3 Å². The fourth-order valence-electron chi connectivity index (χ4n) is 3.80. The van der Waals surface area contributed by atoms with Gasteiger partial charge in [-0.05, 0) is 54.3 Å². The molecule has 5 heteroatoms. The van der Waals surface area contributed by atoms with Crippen LogP contribution in [0.4, 0.5) is 0 Å². The fourth-order valence-corrected chi connectivity index (χ4v) is 3.80. The van der Waals surface area contributed by atoms with Crippen LogP contribution in [-0.4, -0.2) is 11.8 Å². The molecule has 0 aliphatic carbocycles. The Labute approximate surface area is 199 Å². The first-order valence-electron chi connectivity index (χ1n) is 11.1. The van der Waals surface area contributed by atoms with E-state index in [1.165, 1.54) is 12.3 Å². The number of hydrogen-bond acceptors (Lipinski definition) is 3. The van der Waals surface area contributed by atoms with E-state index in [0.29, 0.717) is 11.3 Å². The molecule has 0 saturated heterocycles. The minimum atomic E-state index is -0.421. The van der Waals surface area contributed by atoms with Crippen LogP contribution < -0.4 is 10.6 Å². The van der Waals surface area contributed by atoms with Crippen LogP contribution in [0.25, 0.3) is 6.08 Å². The van der Waals surface area contributed by atoms with Crippen molar-refractivity contribution in [2.24, 2.45) is 0 Å². The van der Waals surface area contributed by atoms with Crippen molar-refractivity contribution in [2.75, 3.05) is 0 Å². The zero-order chi connectivity index (χ0) is 23.9. The normalized spacial score (nSPS) is 12.1. The third kappa shape index (κ3) is 5.33. The Morgan fingerprint density at radius 1 is 0.794 bits per heavy atom. The minimum absolute atomic E-state index is 0.0951. The summed E-state index contributed by atoms with van der Waals surface area (Å²) in [4.78, 5) is 26.6. The number of hydrogen-bond donors (Lipinski definition) is 2. The van der Waals surface area contributed by atoms with Gasteiger partial charge in [0.15, 0.2) is 0 Å². The molecule has 0 aliphatic heterocycles.